The summed E-state index contributed by atoms with van der Waals surface area (Å²) in [5.41, 5.74) is 1.18. The van der Waals surface area contributed by atoms with Crippen molar-refractivity contribution in [1.29, 1.82) is 5.26 Å². The van der Waals surface area contributed by atoms with Crippen LogP contribution in [0.5, 0.6) is 0 Å². The number of hydrogen-bond acceptors (Lipinski definition) is 2. The standard InChI is InChI=1S/C8H4N3.Y/c9-5-7-8-6(1-3-10-7)2-4-11-8;/h2-4,11H;/q-1;. The molecular weight excluding hydrogens is 227 g/mol. The molecule has 12 heavy (non-hydrogen) atoms. The largest absolute Gasteiger partial charge is 0.421 e. The Kier molecular flexibility index (Phi) is 2.96. The van der Waals surface area contributed by atoms with Crippen LogP contribution in [0.4, 0.5) is 0 Å². The maximum absolute atomic E-state index is 8.61. The van der Waals surface area contributed by atoms with Crippen molar-refractivity contribution in [2.75, 3.05) is 0 Å². The van der Waals surface area contributed by atoms with Gasteiger partial charge in [0, 0.05) is 32.7 Å². The molecule has 0 aromatic carbocycles. The van der Waals surface area contributed by atoms with E-state index in [0.29, 0.717) is 5.69 Å². The molecule has 55 valence electrons. The number of rotatable bonds is 0. The molecule has 0 unspecified atom stereocenters. The molecule has 2 aromatic heterocycles. The van der Waals surface area contributed by atoms with Crippen LogP contribution in [-0.4, -0.2) is 9.97 Å². The third-order valence-corrected chi connectivity index (χ3v) is 1.50. The first-order valence-electron chi connectivity index (χ1n) is 3.15. The summed E-state index contributed by atoms with van der Waals surface area (Å²) in [7, 11) is 0. The number of aromatic amines is 1. The van der Waals surface area contributed by atoms with E-state index in [-0.39, 0.29) is 32.7 Å². The number of hydrogen-bond donors (Lipinski definition) is 1. The number of aromatic nitrogens is 2. The van der Waals surface area contributed by atoms with E-state index in [1.54, 1.807) is 6.20 Å². The number of fused-ring (bicyclic) bond motifs is 1. The molecule has 0 spiro atoms. The Bertz CT molecular complexity index is 427. The molecule has 0 saturated heterocycles. The second-order valence-electron chi connectivity index (χ2n) is 2.13. The third-order valence-electron chi connectivity index (χ3n) is 1.50. The van der Waals surface area contributed by atoms with E-state index in [9.17, 15) is 0 Å². The Labute approximate surface area is 94.7 Å². The molecule has 2 rings (SSSR count). The first kappa shape index (κ1) is 9.37. The van der Waals surface area contributed by atoms with Crippen LogP contribution in [0.1, 0.15) is 5.69 Å². The van der Waals surface area contributed by atoms with E-state index in [0.717, 1.165) is 10.9 Å². The molecule has 0 atom stereocenters. The fourth-order valence-corrected chi connectivity index (χ4v) is 1.00. The summed E-state index contributed by atoms with van der Waals surface area (Å²) in [4.78, 5) is 6.77. The molecule has 0 fully saturated rings. The van der Waals surface area contributed by atoms with Crippen LogP contribution in [-0.2, 0) is 32.7 Å². The van der Waals surface area contributed by atoms with Crippen LogP contribution < -0.4 is 0 Å². The van der Waals surface area contributed by atoms with E-state index < -0.39 is 0 Å². The summed E-state index contributed by atoms with van der Waals surface area (Å²) < 4.78 is 0. The van der Waals surface area contributed by atoms with Gasteiger partial charge in [0.2, 0.25) is 0 Å². The number of H-pyrrole nitrogens is 1. The Morgan fingerprint density at radius 1 is 1.58 bits per heavy atom. The minimum Gasteiger partial charge on any atom is -0.421 e. The predicted molar refractivity (Wildman–Crippen MR) is 39.6 cm³/mol. The van der Waals surface area contributed by atoms with Crippen molar-refractivity contribution in [3.8, 4) is 6.07 Å². The van der Waals surface area contributed by atoms with E-state index in [2.05, 4.69) is 16.0 Å². The van der Waals surface area contributed by atoms with E-state index in [4.69, 9.17) is 5.26 Å². The van der Waals surface area contributed by atoms with Gasteiger partial charge in [-0.25, -0.2) is 0 Å². The fourth-order valence-electron chi connectivity index (χ4n) is 1.00. The van der Waals surface area contributed by atoms with E-state index in [1.807, 2.05) is 12.1 Å². The fraction of sp³-hybridized carbons (Fsp3) is 0. The van der Waals surface area contributed by atoms with Crippen LogP contribution in [0.25, 0.3) is 10.9 Å². The van der Waals surface area contributed by atoms with Gasteiger partial charge in [0.1, 0.15) is 11.8 Å². The summed E-state index contributed by atoms with van der Waals surface area (Å²) in [6.45, 7) is 0. The summed E-state index contributed by atoms with van der Waals surface area (Å²) in [5, 5.41) is 9.51. The minimum atomic E-state index is 0. The second-order valence-corrected chi connectivity index (χ2v) is 2.13. The van der Waals surface area contributed by atoms with Crippen molar-refractivity contribution >= 4 is 10.9 Å². The Morgan fingerprint density at radius 2 is 2.42 bits per heavy atom. The van der Waals surface area contributed by atoms with E-state index >= 15 is 0 Å². The zero-order valence-electron chi connectivity index (χ0n) is 6.20. The van der Waals surface area contributed by atoms with Crippen molar-refractivity contribution in [2.45, 2.75) is 0 Å². The normalized spacial score (nSPS) is 8.92. The second kappa shape index (κ2) is 3.79. The molecule has 1 radical (unpaired) electrons. The molecule has 2 heterocycles. The maximum atomic E-state index is 8.61. The zero-order chi connectivity index (χ0) is 7.68. The summed E-state index contributed by atoms with van der Waals surface area (Å²) in [6.07, 6.45) is 3.28. The number of nitrogens with zero attached hydrogens (tertiary/aromatic N) is 2. The monoisotopic (exact) mass is 231 g/mol. The van der Waals surface area contributed by atoms with Gasteiger partial charge in [-0.05, 0) is 11.7 Å². The summed E-state index contributed by atoms with van der Waals surface area (Å²) >= 11 is 0. The molecule has 0 bridgehead atoms. The zero-order valence-corrected chi connectivity index (χ0v) is 9.04. The molecule has 0 saturated carbocycles. The van der Waals surface area contributed by atoms with Gasteiger partial charge in [-0.2, -0.15) is 16.7 Å². The average molecular weight is 231 g/mol. The van der Waals surface area contributed by atoms with Gasteiger partial charge in [-0.1, -0.05) is 6.20 Å². The molecule has 2 aromatic rings. The first-order chi connectivity index (χ1) is 5.42. The number of nitrogens with one attached hydrogen (secondary N) is 1. The van der Waals surface area contributed by atoms with Crippen molar-refractivity contribution in [3.63, 3.8) is 0 Å². The van der Waals surface area contributed by atoms with Gasteiger partial charge in [-0.3, -0.25) is 4.98 Å². The minimum absolute atomic E-state index is 0. The molecule has 3 nitrogen and oxygen atoms in total. The van der Waals surface area contributed by atoms with E-state index in [1.165, 1.54) is 6.20 Å². The number of nitriles is 1. The maximum Gasteiger partial charge on any atom is 0.108 e. The van der Waals surface area contributed by atoms with Crippen molar-refractivity contribution < 1.29 is 32.7 Å². The van der Waals surface area contributed by atoms with Gasteiger partial charge >= 0.3 is 0 Å². The molecule has 4 heteroatoms. The van der Waals surface area contributed by atoms with Gasteiger partial charge in [0.05, 0.1) is 0 Å². The van der Waals surface area contributed by atoms with Gasteiger partial charge < -0.3 is 4.98 Å². The summed E-state index contributed by atoms with van der Waals surface area (Å²) in [5.74, 6) is 0. The average Bonchev–Trinajstić information content (AvgIpc) is 2.50. The third kappa shape index (κ3) is 1.41. The smallest absolute Gasteiger partial charge is 0.108 e. The van der Waals surface area contributed by atoms with Crippen LogP contribution in [0, 0.1) is 17.4 Å². The van der Waals surface area contributed by atoms with Crippen LogP contribution in [0.15, 0.2) is 18.5 Å². The van der Waals surface area contributed by atoms with Crippen LogP contribution in [0.2, 0.25) is 0 Å². The molecule has 1 N–H and O–H groups in total. The quantitative estimate of drug-likeness (QED) is 0.693. The van der Waals surface area contributed by atoms with Crippen LogP contribution >= 0.6 is 0 Å². The van der Waals surface area contributed by atoms with Crippen molar-refractivity contribution in [2.24, 2.45) is 0 Å². The number of pyridine rings is 1. The molecule has 0 aliphatic heterocycles. The van der Waals surface area contributed by atoms with Gasteiger partial charge in [0.15, 0.2) is 0 Å². The Balaban J connectivity index is 0.000000720. The summed E-state index contributed by atoms with van der Waals surface area (Å²) in [6, 6.07) is 6.76. The molecular formula is C8H4N3Y-. The van der Waals surface area contributed by atoms with Crippen molar-refractivity contribution in [3.05, 3.63) is 30.2 Å². The van der Waals surface area contributed by atoms with Gasteiger partial charge in [-0.15, -0.1) is 6.07 Å². The van der Waals surface area contributed by atoms with Gasteiger partial charge in [0.25, 0.3) is 0 Å². The van der Waals surface area contributed by atoms with Crippen LogP contribution in [0.3, 0.4) is 0 Å². The SMILES string of the molecule is N#Cc1nc[c-]c2cc[nH]c12.[Y]. The predicted octanol–water partition coefficient (Wildman–Crippen LogP) is 1.23. The Hall–Kier alpha value is -0.716. The molecule has 0 aliphatic rings. The molecule has 0 aliphatic carbocycles. The molecule has 0 amide bonds. The van der Waals surface area contributed by atoms with Crippen molar-refractivity contribution in [1.82, 2.24) is 9.97 Å². The first-order valence-corrected chi connectivity index (χ1v) is 3.15. The Morgan fingerprint density at radius 3 is 3.17 bits per heavy atom. The topological polar surface area (TPSA) is 52.5 Å².